The van der Waals surface area contributed by atoms with E-state index in [0.29, 0.717) is 17.3 Å². The zero-order valence-corrected chi connectivity index (χ0v) is 13.7. The summed E-state index contributed by atoms with van der Waals surface area (Å²) >= 11 is 6.00. The van der Waals surface area contributed by atoms with E-state index in [4.69, 9.17) is 17.3 Å². The molecule has 1 aromatic carbocycles. The maximum Gasteiger partial charge on any atom is 0.268 e. The van der Waals surface area contributed by atoms with Gasteiger partial charge < -0.3 is 15.6 Å². The molecule has 0 aliphatic carbocycles. The van der Waals surface area contributed by atoms with Gasteiger partial charge in [0, 0.05) is 35.7 Å². The minimum absolute atomic E-state index is 0.190. The SMILES string of the molecule is Cn1c(C(=O)NCc2ccc(C(N)=O)nc2)cc2ccc(Cl)cc21. The lowest BCUT2D eigenvalue weighted by molar-refractivity contribution is 0.0941. The van der Waals surface area contributed by atoms with E-state index in [1.807, 2.05) is 25.2 Å². The van der Waals surface area contributed by atoms with Crippen molar-refractivity contribution in [1.29, 1.82) is 0 Å². The van der Waals surface area contributed by atoms with Crippen molar-refractivity contribution in [2.75, 3.05) is 0 Å². The van der Waals surface area contributed by atoms with Crippen molar-refractivity contribution < 1.29 is 9.59 Å². The molecule has 3 N–H and O–H groups in total. The van der Waals surface area contributed by atoms with E-state index in [-0.39, 0.29) is 11.6 Å². The third-order valence-corrected chi connectivity index (χ3v) is 4.01. The maximum atomic E-state index is 12.4. The largest absolute Gasteiger partial charge is 0.364 e. The first kappa shape index (κ1) is 16.0. The normalized spacial score (nSPS) is 10.8. The highest BCUT2D eigenvalue weighted by molar-refractivity contribution is 6.31. The van der Waals surface area contributed by atoms with Crippen molar-refractivity contribution in [3.8, 4) is 0 Å². The van der Waals surface area contributed by atoms with Crippen LogP contribution in [-0.2, 0) is 13.6 Å². The third kappa shape index (κ3) is 3.09. The van der Waals surface area contributed by atoms with Crippen molar-refractivity contribution >= 4 is 34.3 Å². The molecule has 0 aliphatic heterocycles. The average Bonchev–Trinajstić information content (AvgIpc) is 2.89. The van der Waals surface area contributed by atoms with E-state index >= 15 is 0 Å². The van der Waals surface area contributed by atoms with Gasteiger partial charge in [0.1, 0.15) is 11.4 Å². The number of carbonyl (C=O) groups excluding carboxylic acids is 2. The molecular formula is C17H15ClN4O2. The van der Waals surface area contributed by atoms with Crippen LogP contribution in [0.3, 0.4) is 0 Å². The molecule has 0 saturated heterocycles. The number of hydrogen-bond donors (Lipinski definition) is 2. The molecule has 24 heavy (non-hydrogen) atoms. The molecule has 0 spiro atoms. The minimum atomic E-state index is -0.584. The van der Waals surface area contributed by atoms with Crippen molar-refractivity contribution in [3.63, 3.8) is 0 Å². The van der Waals surface area contributed by atoms with Crippen LogP contribution in [0.5, 0.6) is 0 Å². The van der Waals surface area contributed by atoms with E-state index in [9.17, 15) is 9.59 Å². The number of primary amides is 1. The highest BCUT2D eigenvalue weighted by atomic mass is 35.5. The number of aromatic nitrogens is 2. The van der Waals surface area contributed by atoms with Gasteiger partial charge >= 0.3 is 0 Å². The maximum absolute atomic E-state index is 12.4. The highest BCUT2D eigenvalue weighted by Gasteiger charge is 2.13. The second-order valence-corrected chi connectivity index (χ2v) is 5.83. The van der Waals surface area contributed by atoms with Gasteiger partial charge in [0.2, 0.25) is 0 Å². The van der Waals surface area contributed by atoms with Gasteiger partial charge in [-0.25, -0.2) is 0 Å². The standard InChI is InChI=1S/C17H15ClN4O2/c1-22-14-7-12(18)4-3-11(14)6-15(22)17(24)21-9-10-2-5-13(16(19)23)20-8-10/h2-8H,9H2,1H3,(H2,19,23)(H,21,24). The van der Waals surface area contributed by atoms with Crippen molar-refractivity contribution in [1.82, 2.24) is 14.9 Å². The minimum Gasteiger partial charge on any atom is -0.364 e. The Morgan fingerprint density at radius 1 is 1.25 bits per heavy atom. The summed E-state index contributed by atoms with van der Waals surface area (Å²) < 4.78 is 1.80. The first-order valence-corrected chi connectivity index (χ1v) is 7.61. The van der Waals surface area contributed by atoms with Gasteiger partial charge in [0.15, 0.2) is 0 Å². The summed E-state index contributed by atoms with van der Waals surface area (Å²) in [4.78, 5) is 27.3. The molecule has 0 aliphatic rings. The fraction of sp³-hybridized carbons (Fsp3) is 0.118. The van der Waals surface area contributed by atoms with Crippen molar-refractivity contribution in [3.05, 3.63) is 64.6 Å². The number of rotatable bonds is 4. The summed E-state index contributed by atoms with van der Waals surface area (Å²) in [5.41, 5.74) is 7.53. The lowest BCUT2D eigenvalue weighted by atomic mass is 10.2. The second-order valence-electron chi connectivity index (χ2n) is 5.39. The van der Waals surface area contributed by atoms with Gasteiger partial charge in [0.05, 0.1) is 0 Å². The summed E-state index contributed by atoms with van der Waals surface area (Å²) in [7, 11) is 1.82. The number of aryl methyl sites for hydroxylation is 1. The van der Waals surface area contributed by atoms with Gasteiger partial charge in [-0.3, -0.25) is 14.6 Å². The van der Waals surface area contributed by atoms with Gasteiger partial charge in [-0.2, -0.15) is 0 Å². The van der Waals surface area contributed by atoms with Gasteiger partial charge in [-0.1, -0.05) is 23.7 Å². The fourth-order valence-electron chi connectivity index (χ4n) is 2.47. The molecule has 3 aromatic rings. The monoisotopic (exact) mass is 342 g/mol. The molecule has 0 bridgehead atoms. The molecule has 0 unspecified atom stereocenters. The topological polar surface area (TPSA) is 90.0 Å². The van der Waals surface area contributed by atoms with Crippen LogP contribution in [-0.4, -0.2) is 21.4 Å². The van der Waals surface area contributed by atoms with Crippen LogP contribution in [0.1, 0.15) is 26.5 Å². The number of halogens is 1. The van der Waals surface area contributed by atoms with Gasteiger partial charge in [0.25, 0.3) is 11.8 Å². The molecule has 0 atom stereocenters. The Labute approximate surface area is 143 Å². The lowest BCUT2D eigenvalue weighted by Crippen LogP contribution is -2.25. The number of nitrogens with one attached hydrogen (secondary N) is 1. The van der Waals surface area contributed by atoms with E-state index in [2.05, 4.69) is 10.3 Å². The number of fused-ring (bicyclic) bond motifs is 1. The van der Waals surface area contributed by atoms with Crippen LogP contribution in [0.4, 0.5) is 0 Å². The third-order valence-electron chi connectivity index (χ3n) is 3.77. The lowest BCUT2D eigenvalue weighted by Gasteiger charge is -2.07. The van der Waals surface area contributed by atoms with E-state index in [1.54, 1.807) is 16.7 Å². The second kappa shape index (κ2) is 6.33. The molecule has 6 nitrogen and oxygen atoms in total. The Hall–Kier alpha value is -2.86. The Morgan fingerprint density at radius 2 is 2.04 bits per heavy atom. The molecule has 3 rings (SSSR count). The van der Waals surface area contributed by atoms with Gasteiger partial charge in [-0.15, -0.1) is 0 Å². The summed E-state index contributed by atoms with van der Waals surface area (Å²) in [5, 5.41) is 4.40. The predicted molar refractivity (Wildman–Crippen MR) is 91.9 cm³/mol. The number of benzene rings is 1. The molecule has 0 radical (unpaired) electrons. The number of amides is 2. The molecule has 2 heterocycles. The Bertz CT molecular complexity index is 932. The molecule has 7 heteroatoms. The fourth-order valence-corrected chi connectivity index (χ4v) is 2.64. The quantitative estimate of drug-likeness (QED) is 0.762. The molecule has 0 fully saturated rings. The number of carbonyl (C=O) groups is 2. The number of nitrogens with two attached hydrogens (primary N) is 1. The molecule has 2 aromatic heterocycles. The molecule has 2 amide bonds. The number of nitrogens with zero attached hydrogens (tertiary/aromatic N) is 2. The zero-order valence-electron chi connectivity index (χ0n) is 12.9. The van der Waals surface area contributed by atoms with Crippen LogP contribution < -0.4 is 11.1 Å². The number of hydrogen-bond acceptors (Lipinski definition) is 3. The Balaban J connectivity index is 1.75. The highest BCUT2D eigenvalue weighted by Crippen LogP contribution is 2.22. The number of pyridine rings is 1. The van der Waals surface area contributed by atoms with Crippen LogP contribution in [0, 0.1) is 0 Å². The van der Waals surface area contributed by atoms with Crippen LogP contribution in [0.15, 0.2) is 42.6 Å². The molecular weight excluding hydrogens is 328 g/mol. The molecule has 0 saturated carbocycles. The van der Waals surface area contributed by atoms with E-state index in [0.717, 1.165) is 16.5 Å². The Morgan fingerprint density at radius 3 is 2.71 bits per heavy atom. The first-order valence-electron chi connectivity index (χ1n) is 7.23. The van der Waals surface area contributed by atoms with Crippen LogP contribution >= 0.6 is 11.6 Å². The summed E-state index contributed by atoms with van der Waals surface area (Å²) in [5.74, 6) is -0.788. The van der Waals surface area contributed by atoms with Crippen LogP contribution in [0.25, 0.3) is 10.9 Å². The van der Waals surface area contributed by atoms with Crippen molar-refractivity contribution in [2.45, 2.75) is 6.54 Å². The zero-order chi connectivity index (χ0) is 17.3. The summed E-state index contributed by atoms with van der Waals surface area (Å²) in [6, 6.07) is 10.5. The van der Waals surface area contributed by atoms with Gasteiger partial charge in [-0.05, 0) is 29.8 Å². The smallest absolute Gasteiger partial charge is 0.268 e. The van der Waals surface area contributed by atoms with Crippen molar-refractivity contribution in [2.24, 2.45) is 12.8 Å². The van der Waals surface area contributed by atoms with E-state index < -0.39 is 5.91 Å². The summed E-state index contributed by atoms with van der Waals surface area (Å²) in [6.07, 6.45) is 1.52. The predicted octanol–water partition coefficient (Wildman–Crippen LogP) is 2.26. The average molecular weight is 343 g/mol. The summed E-state index contributed by atoms with van der Waals surface area (Å²) in [6.45, 7) is 0.299. The first-order chi connectivity index (χ1) is 11.5. The van der Waals surface area contributed by atoms with Crippen LogP contribution in [0.2, 0.25) is 5.02 Å². The Kier molecular flexibility index (Phi) is 4.22. The van der Waals surface area contributed by atoms with E-state index in [1.165, 1.54) is 12.3 Å². The molecule has 122 valence electrons.